The van der Waals surface area contributed by atoms with Crippen molar-refractivity contribution in [3.8, 4) is 5.75 Å². The number of alkyl carbamates (subject to hydrolysis) is 1. The van der Waals surface area contributed by atoms with Gasteiger partial charge in [0.05, 0.1) is 6.54 Å². The molecule has 5 heteroatoms. The highest BCUT2D eigenvalue weighted by atomic mass is 16.6. The van der Waals surface area contributed by atoms with Gasteiger partial charge in [-0.15, -0.1) is 0 Å². The van der Waals surface area contributed by atoms with Crippen molar-refractivity contribution < 1.29 is 19.1 Å². The van der Waals surface area contributed by atoms with E-state index in [1.165, 1.54) is 0 Å². The normalized spacial score (nSPS) is 10.9. The molecule has 0 fully saturated rings. The van der Waals surface area contributed by atoms with E-state index in [1.54, 1.807) is 20.8 Å². The Labute approximate surface area is 154 Å². The van der Waals surface area contributed by atoms with E-state index in [9.17, 15) is 9.59 Å². The lowest BCUT2D eigenvalue weighted by molar-refractivity contribution is -0.117. The lowest BCUT2D eigenvalue weighted by atomic mass is 10.1. The first-order chi connectivity index (χ1) is 12.3. The van der Waals surface area contributed by atoms with E-state index in [0.717, 1.165) is 11.1 Å². The molecule has 1 N–H and O–H groups in total. The third-order valence-electron chi connectivity index (χ3n) is 3.38. The van der Waals surface area contributed by atoms with Crippen LogP contribution in [0.4, 0.5) is 4.79 Å². The fourth-order valence-corrected chi connectivity index (χ4v) is 2.26. The molecule has 0 aliphatic rings. The molecule has 0 saturated carbocycles. The second kappa shape index (κ2) is 9.04. The Morgan fingerprint density at radius 1 is 0.962 bits per heavy atom. The number of hydrogen-bond acceptors (Lipinski definition) is 4. The van der Waals surface area contributed by atoms with Crippen molar-refractivity contribution >= 4 is 11.9 Å². The molecule has 2 aromatic carbocycles. The first-order valence-corrected chi connectivity index (χ1v) is 8.56. The van der Waals surface area contributed by atoms with Crippen LogP contribution >= 0.6 is 0 Å². The number of ketones is 1. The van der Waals surface area contributed by atoms with E-state index in [-0.39, 0.29) is 18.7 Å². The van der Waals surface area contributed by atoms with Crippen LogP contribution in [0.5, 0.6) is 5.75 Å². The van der Waals surface area contributed by atoms with Crippen LogP contribution in [-0.4, -0.2) is 24.0 Å². The summed E-state index contributed by atoms with van der Waals surface area (Å²) < 4.78 is 10.9. The molecule has 1 amide bonds. The largest absolute Gasteiger partial charge is 0.489 e. The number of benzene rings is 2. The van der Waals surface area contributed by atoms with Gasteiger partial charge in [0.1, 0.15) is 18.0 Å². The van der Waals surface area contributed by atoms with Crippen LogP contribution < -0.4 is 10.1 Å². The van der Waals surface area contributed by atoms with Crippen LogP contribution in [0.1, 0.15) is 31.9 Å². The zero-order valence-electron chi connectivity index (χ0n) is 15.5. The topological polar surface area (TPSA) is 64.6 Å². The number of ether oxygens (including phenoxy) is 2. The molecule has 0 aliphatic carbocycles. The second-order valence-corrected chi connectivity index (χ2v) is 6.99. The average molecular weight is 355 g/mol. The van der Waals surface area contributed by atoms with E-state index in [0.29, 0.717) is 12.4 Å². The Balaban J connectivity index is 1.82. The smallest absolute Gasteiger partial charge is 0.408 e. The van der Waals surface area contributed by atoms with Gasteiger partial charge in [0.2, 0.25) is 0 Å². The van der Waals surface area contributed by atoms with E-state index >= 15 is 0 Å². The van der Waals surface area contributed by atoms with Crippen LogP contribution in [0.25, 0.3) is 0 Å². The molecule has 0 spiro atoms. The first kappa shape index (κ1) is 19.5. The van der Waals surface area contributed by atoms with Gasteiger partial charge < -0.3 is 14.8 Å². The molecule has 0 heterocycles. The zero-order valence-corrected chi connectivity index (χ0v) is 15.5. The van der Waals surface area contributed by atoms with Crippen molar-refractivity contribution in [2.75, 3.05) is 6.54 Å². The molecule has 5 nitrogen and oxygen atoms in total. The number of carbonyl (C=O) groups is 2. The lowest BCUT2D eigenvalue weighted by Gasteiger charge is -2.19. The van der Waals surface area contributed by atoms with Crippen molar-refractivity contribution in [2.24, 2.45) is 0 Å². The van der Waals surface area contributed by atoms with Gasteiger partial charge in [-0.05, 0) is 44.0 Å². The van der Waals surface area contributed by atoms with E-state index < -0.39 is 11.7 Å². The van der Waals surface area contributed by atoms with Crippen molar-refractivity contribution in [1.29, 1.82) is 0 Å². The maximum Gasteiger partial charge on any atom is 0.408 e. The highest BCUT2D eigenvalue weighted by Crippen LogP contribution is 2.16. The summed E-state index contributed by atoms with van der Waals surface area (Å²) in [5, 5.41) is 2.48. The summed E-state index contributed by atoms with van der Waals surface area (Å²) in [4.78, 5) is 23.6. The van der Waals surface area contributed by atoms with Gasteiger partial charge in [-0.25, -0.2) is 4.79 Å². The van der Waals surface area contributed by atoms with Crippen molar-refractivity contribution in [3.63, 3.8) is 0 Å². The number of hydrogen-bond donors (Lipinski definition) is 1. The summed E-state index contributed by atoms with van der Waals surface area (Å²) in [7, 11) is 0. The zero-order chi connectivity index (χ0) is 19.0. The van der Waals surface area contributed by atoms with E-state index in [4.69, 9.17) is 9.47 Å². The molecule has 0 bridgehead atoms. The Kier molecular flexibility index (Phi) is 6.78. The molecule has 2 aromatic rings. The van der Waals surface area contributed by atoms with Gasteiger partial charge in [0.25, 0.3) is 0 Å². The third-order valence-corrected chi connectivity index (χ3v) is 3.38. The van der Waals surface area contributed by atoms with E-state index in [2.05, 4.69) is 5.32 Å². The number of amides is 1. The van der Waals surface area contributed by atoms with Crippen LogP contribution in [0.15, 0.2) is 54.6 Å². The van der Waals surface area contributed by atoms with Crippen molar-refractivity contribution in [1.82, 2.24) is 5.32 Å². The standard InChI is InChI=1S/C21H25NO4/c1-21(2,3)26-20(24)22-14-18(23)12-17-10-7-11-19(13-17)25-15-16-8-5-4-6-9-16/h4-11,13H,12,14-15H2,1-3H3,(H,22,24). The quantitative estimate of drug-likeness (QED) is 0.818. The molecule has 0 atom stereocenters. The summed E-state index contributed by atoms with van der Waals surface area (Å²) in [5.74, 6) is 0.607. The average Bonchev–Trinajstić information content (AvgIpc) is 2.58. The van der Waals surface area contributed by atoms with Crippen molar-refractivity contribution in [3.05, 3.63) is 65.7 Å². The van der Waals surface area contributed by atoms with Gasteiger partial charge in [-0.2, -0.15) is 0 Å². The molecule has 26 heavy (non-hydrogen) atoms. The Morgan fingerprint density at radius 3 is 2.35 bits per heavy atom. The van der Waals surface area contributed by atoms with Gasteiger partial charge in [-0.3, -0.25) is 4.79 Å². The minimum atomic E-state index is -0.592. The minimum Gasteiger partial charge on any atom is -0.489 e. The third kappa shape index (κ3) is 7.38. The first-order valence-electron chi connectivity index (χ1n) is 8.56. The molecule has 0 aromatic heterocycles. The molecule has 0 unspecified atom stereocenters. The Bertz CT molecular complexity index is 735. The van der Waals surface area contributed by atoms with Gasteiger partial charge in [0, 0.05) is 6.42 Å². The fourth-order valence-electron chi connectivity index (χ4n) is 2.26. The maximum absolute atomic E-state index is 12.1. The highest BCUT2D eigenvalue weighted by Gasteiger charge is 2.16. The Hall–Kier alpha value is -2.82. The molecular formula is C21H25NO4. The monoisotopic (exact) mass is 355 g/mol. The predicted molar refractivity (Wildman–Crippen MR) is 100 cm³/mol. The number of rotatable bonds is 7. The van der Waals surface area contributed by atoms with Crippen molar-refractivity contribution in [2.45, 2.75) is 39.4 Å². The highest BCUT2D eigenvalue weighted by molar-refractivity contribution is 5.85. The maximum atomic E-state index is 12.1. The van der Waals surface area contributed by atoms with Gasteiger partial charge in [-0.1, -0.05) is 42.5 Å². The summed E-state index contributed by atoms with van der Waals surface area (Å²) in [6.45, 7) is 5.72. The van der Waals surface area contributed by atoms with Crippen LogP contribution in [0.2, 0.25) is 0 Å². The number of Topliss-reactive ketones (excluding diaryl/α,β-unsaturated/α-hetero) is 1. The second-order valence-electron chi connectivity index (χ2n) is 6.99. The number of carbonyl (C=O) groups excluding carboxylic acids is 2. The SMILES string of the molecule is CC(C)(C)OC(=O)NCC(=O)Cc1cccc(OCc2ccccc2)c1. The summed E-state index contributed by atoms with van der Waals surface area (Å²) in [5.41, 5.74) is 1.33. The van der Waals surface area contributed by atoms with Crippen LogP contribution in [-0.2, 0) is 22.6 Å². The predicted octanol–water partition coefficient (Wildman–Crippen LogP) is 3.90. The van der Waals surface area contributed by atoms with Gasteiger partial charge in [0.15, 0.2) is 5.78 Å². The van der Waals surface area contributed by atoms with E-state index in [1.807, 2.05) is 54.6 Å². The number of nitrogens with one attached hydrogen (secondary N) is 1. The molecular weight excluding hydrogens is 330 g/mol. The molecule has 138 valence electrons. The minimum absolute atomic E-state index is 0.0655. The van der Waals surface area contributed by atoms with Gasteiger partial charge >= 0.3 is 6.09 Å². The summed E-state index contributed by atoms with van der Waals surface area (Å²) >= 11 is 0. The molecule has 0 saturated heterocycles. The fraction of sp³-hybridized carbons (Fsp3) is 0.333. The lowest BCUT2D eigenvalue weighted by Crippen LogP contribution is -2.35. The summed E-state index contributed by atoms with van der Waals surface area (Å²) in [6, 6.07) is 17.3. The summed E-state index contributed by atoms with van der Waals surface area (Å²) in [6.07, 6.45) is -0.371. The Morgan fingerprint density at radius 2 is 1.65 bits per heavy atom. The molecule has 0 aliphatic heterocycles. The molecule has 0 radical (unpaired) electrons. The van der Waals surface area contributed by atoms with Crippen LogP contribution in [0, 0.1) is 0 Å². The molecule has 2 rings (SSSR count). The van der Waals surface area contributed by atoms with Crippen LogP contribution in [0.3, 0.4) is 0 Å².